The van der Waals surface area contributed by atoms with E-state index in [1.54, 1.807) is 4.90 Å². The first-order valence-corrected chi connectivity index (χ1v) is 9.89. The van der Waals surface area contributed by atoms with E-state index in [9.17, 15) is 9.59 Å². The average Bonchev–Trinajstić information content (AvgIpc) is 3.35. The van der Waals surface area contributed by atoms with E-state index in [0.717, 1.165) is 31.4 Å². The molecule has 0 spiro atoms. The Kier molecular flexibility index (Phi) is 6.44. The number of carbonyl (C=O) groups excluding carboxylic acids is 2. The van der Waals surface area contributed by atoms with Gasteiger partial charge in [0.1, 0.15) is 12.2 Å². The monoisotopic (exact) mass is 390 g/mol. The van der Waals surface area contributed by atoms with Crippen LogP contribution in [0.15, 0.2) is 30.3 Å². The second kappa shape index (κ2) is 8.82. The topological polar surface area (TPSA) is 80.4 Å². The molecule has 7 heteroatoms. The van der Waals surface area contributed by atoms with Crippen molar-refractivity contribution >= 4 is 12.2 Å². The number of ether oxygens (including phenoxy) is 3. The molecule has 2 fully saturated rings. The van der Waals surface area contributed by atoms with Crippen molar-refractivity contribution in [3.63, 3.8) is 0 Å². The number of alkyl carbamates (subject to hydrolysis) is 1. The molecule has 0 aliphatic carbocycles. The molecule has 0 radical (unpaired) electrons. The predicted octanol–water partition coefficient (Wildman–Crippen LogP) is 3.47. The summed E-state index contributed by atoms with van der Waals surface area (Å²) in [7, 11) is 0. The van der Waals surface area contributed by atoms with Crippen LogP contribution in [-0.2, 0) is 20.8 Å². The number of nitrogens with one attached hydrogen (secondary N) is 1. The summed E-state index contributed by atoms with van der Waals surface area (Å²) in [5.74, 6) is 0. The van der Waals surface area contributed by atoms with E-state index >= 15 is 0 Å². The van der Waals surface area contributed by atoms with E-state index in [0.29, 0.717) is 6.54 Å². The van der Waals surface area contributed by atoms with Crippen LogP contribution < -0.4 is 5.32 Å². The summed E-state index contributed by atoms with van der Waals surface area (Å²) in [6, 6.07) is 9.49. The van der Waals surface area contributed by atoms with Crippen LogP contribution in [0.2, 0.25) is 0 Å². The fraction of sp³-hybridized carbons (Fsp3) is 0.619. The number of epoxide rings is 1. The van der Waals surface area contributed by atoms with Gasteiger partial charge in [0, 0.05) is 12.6 Å². The Labute approximate surface area is 166 Å². The molecular formula is C21H30N2O5. The van der Waals surface area contributed by atoms with Crippen molar-refractivity contribution in [2.24, 2.45) is 0 Å². The summed E-state index contributed by atoms with van der Waals surface area (Å²) in [5, 5.41) is 2.79. The van der Waals surface area contributed by atoms with E-state index in [-0.39, 0.29) is 30.9 Å². The number of nitrogens with zero attached hydrogens (tertiary/aromatic N) is 1. The molecule has 1 N–H and O–H groups in total. The maximum Gasteiger partial charge on any atom is 0.410 e. The smallest absolute Gasteiger partial charge is 0.410 e. The molecule has 2 saturated heterocycles. The summed E-state index contributed by atoms with van der Waals surface area (Å²) >= 11 is 0. The number of likely N-dealkylation sites (tertiary alicyclic amines) is 1. The zero-order chi connectivity index (χ0) is 20.1. The van der Waals surface area contributed by atoms with Gasteiger partial charge in [0.15, 0.2) is 0 Å². The normalized spacial score (nSPS) is 24.0. The Morgan fingerprint density at radius 2 is 1.86 bits per heavy atom. The highest BCUT2D eigenvalue weighted by Gasteiger charge is 2.42. The van der Waals surface area contributed by atoms with Gasteiger partial charge in [-0.2, -0.15) is 0 Å². The van der Waals surface area contributed by atoms with Crippen molar-refractivity contribution in [2.75, 3.05) is 13.2 Å². The molecule has 0 saturated carbocycles. The highest BCUT2D eigenvalue weighted by molar-refractivity contribution is 5.70. The SMILES string of the molecule is CC(C)(C)OC(=O)N1[C@@H](CNC(=O)OCc2ccccc2)CC[C@H]1CC1CO1. The zero-order valence-corrected chi connectivity index (χ0v) is 16.8. The van der Waals surface area contributed by atoms with Crippen LogP contribution in [0.3, 0.4) is 0 Å². The molecule has 7 nitrogen and oxygen atoms in total. The Balaban J connectivity index is 1.52. The summed E-state index contributed by atoms with van der Waals surface area (Å²) in [5.41, 5.74) is 0.366. The van der Waals surface area contributed by atoms with E-state index in [2.05, 4.69) is 5.32 Å². The Bertz CT molecular complexity index is 669. The molecule has 2 aliphatic rings. The third kappa shape index (κ3) is 6.12. The lowest BCUT2D eigenvalue weighted by molar-refractivity contribution is 0.0132. The molecule has 1 aromatic carbocycles. The van der Waals surface area contributed by atoms with Crippen LogP contribution in [0.1, 0.15) is 45.6 Å². The van der Waals surface area contributed by atoms with E-state index in [1.165, 1.54) is 0 Å². The maximum atomic E-state index is 12.8. The van der Waals surface area contributed by atoms with Gasteiger partial charge in [-0.3, -0.25) is 0 Å². The zero-order valence-electron chi connectivity index (χ0n) is 16.8. The van der Waals surface area contributed by atoms with E-state index < -0.39 is 11.7 Å². The molecule has 28 heavy (non-hydrogen) atoms. The molecule has 2 heterocycles. The van der Waals surface area contributed by atoms with Gasteiger partial charge in [0.2, 0.25) is 0 Å². The Morgan fingerprint density at radius 1 is 1.18 bits per heavy atom. The van der Waals surface area contributed by atoms with Gasteiger partial charge in [-0.1, -0.05) is 30.3 Å². The third-order valence-corrected chi connectivity index (χ3v) is 4.86. The standard InChI is InChI=1S/C21H30N2O5/c1-21(2,3)28-20(25)23-16(11-18-14-26-18)9-10-17(23)12-22-19(24)27-13-15-7-5-4-6-8-15/h4-8,16-18H,9-14H2,1-3H3,(H,22,24)/t16-,17+,18?/m0/s1. The number of benzene rings is 1. The van der Waals surface area contributed by atoms with Crippen LogP contribution in [0.5, 0.6) is 0 Å². The van der Waals surface area contributed by atoms with Gasteiger partial charge >= 0.3 is 12.2 Å². The highest BCUT2D eigenvalue weighted by atomic mass is 16.6. The molecule has 1 unspecified atom stereocenters. The summed E-state index contributed by atoms with van der Waals surface area (Å²) < 4.78 is 16.2. The van der Waals surface area contributed by atoms with Crippen LogP contribution in [0.4, 0.5) is 9.59 Å². The molecule has 2 amide bonds. The molecule has 2 aliphatic heterocycles. The van der Waals surface area contributed by atoms with Crippen molar-refractivity contribution in [3.05, 3.63) is 35.9 Å². The molecule has 3 rings (SSSR count). The number of hydrogen-bond donors (Lipinski definition) is 1. The number of rotatable bonds is 6. The van der Waals surface area contributed by atoms with Crippen molar-refractivity contribution in [1.29, 1.82) is 0 Å². The van der Waals surface area contributed by atoms with Gasteiger partial charge < -0.3 is 24.4 Å². The van der Waals surface area contributed by atoms with Crippen LogP contribution in [0.25, 0.3) is 0 Å². The largest absolute Gasteiger partial charge is 0.445 e. The molecule has 0 aromatic heterocycles. The quantitative estimate of drug-likeness (QED) is 0.753. The highest BCUT2D eigenvalue weighted by Crippen LogP contribution is 2.32. The second-order valence-corrected chi connectivity index (χ2v) is 8.41. The number of hydrogen-bond acceptors (Lipinski definition) is 5. The van der Waals surface area contributed by atoms with Gasteiger partial charge in [-0.15, -0.1) is 0 Å². The van der Waals surface area contributed by atoms with Crippen LogP contribution in [0, 0.1) is 0 Å². The summed E-state index contributed by atoms with van der Waals surface area (Å²) in [4.78, 5) is 26.6. The van der Waals surface area contributed by atoms with Crippen LogP contribution >= 0.6 is 0 Å². The molecule has 3 atom stereocenters. The Hall–Kier alpha value is -2.28. The second-order valence-electron chi connectivity index (χ2n) is 8.41. The van der Waals surface area contributed by atoms with Gasteiger partial charge in [0.25, 0.3) is 0 Å². The lowest BCUT2D eigenvalue weighted by atomic mass is 10.1. The van der Waals surface area contributed by atoms with Crippen molar-refractivity contribution < 1.29 is 23.8 Å². The maximum absolute atomic E-state index is 12.8. The van der Waals surface area contributed by atoms with Crippen molar-refractivity contribution in [1.82, 2.24) is 10.2 Å². The molecule has 1 aromatic rings. The number of amides is 2. The lowest BCUT2D eigenvalue weighted by Crippen LogP contribution is -2.48. The van der Waals surface area contributed by atoms with E-state index in [1.807, 2.05) is 51.1 Å². The van der Waals surface area contributed by atoms with Crippen molar-refractivity contribution in [2.45, 2.75) is 70.4 Å². The first-order chi connectivity index (χ1) is 13.3. The average molecular weight is 390 g/mol. The minimum Gasteiger partial charge on any atom is -0.445 e. The van der Waals surface area contributed by atoms with Gasteiger partial charge in [-0.25, -0.2) is 9.59 Å². The molecular weight excluding hydrogens is 360 g/mol. The Morgan fingerprint density at radius 3 is 2.50 bits per heavy atom. The fourth-order valence-corrected chi connectivity index (χ4v) is 3.49. The predicted molar refractivity (Wildman–Crippen MR) is 104 cm³/mol. The van der Waals surface area contributed by atoms with Crippen molar-refractivity contribution in [3.8, 4) is 0 Å². The molecule has 154 valence electrons. The first-order valence-electron chi connectivity index (χ1n) is 9.89. The van der Waals surface area contributed by atoms with Crippen LogP contribution in [-0.4, -0.2) is 54.0 Å². The minimum absolute atomic E-state index is 0.0782. The van der Waals surface area contributed by atoms with E-state index in [4.69, 9.17) is 14.2 Å². The summed E-state index contributed by atoms with van der Waals surface area (Å²) in [6.45, 7) is 6.88. The number of carbonyl (C=O) groups is 2. The fourth-order valence-electron chi connectivity index (χ4n) is 3.49. The summed E-state index contributed by atoms with van der Waals surface area (Å²) in [6.07, 6.45) is 1.92. The first kappa shape index (κ1) is 20.5. The van der Waals surface area contributed by atoms with Gasteiger partial charge in [-0.05, 0) is 45.6 Å². The molecule has 0 bridgehead atoms. The lowest BCUT2D eigenvalue weighted by Gasteiger charge is -2.32. The third-order valence-electron chi connectivity index (χ3n) is 4.86. The minimum atomic E-state index is -0.563. The van der Waals surface area contributed by atoms with Gasteiger partial charge in [0.05, 0.1) is 18.8 Å².